The van der Waals surface area contributed by atoms with Crippen LogP contribution >= 0.6 is 0 Å². The zero-order valence-electron chi connectivity index (χ0n) is 20.4. The summed E-state index contributed by atoms with van der Waals surface area (Å²) in [6.07, 6.45) is 2.76. The highest BCUT2D eigenvalue weighted by atomic mass is 32.2. The van der Waals surface area contributed by atoms with Gasteiger partial charge in [0.05, 0.1) is 12.0 Å². The second kappa shape index (κ2) is 9.36. The number of fused-ring (bicyclic) bond motifs is 1. The zero-order chi connectivity index (χ0) is 24.6. The molecule has 35 heavy (non-hydrogen) atoms. The molecule has 1 aliphatic rings. The Labute approximate surface area is 207 Å². The fraction of sp³-hybridized carbons (Fsp3) is 0.241. The molecular formula is C29H30N2O3S. The van der Waals surface area contributed by atoms with Gasteiger partial charge in [0.1, 0.15) is 5.75 Å². The van der Waals surface area contributed by atoms with E-state index in [4.69, 9.17) is 4.74 Å². The van der Waals surface area contributed by atoms with Crippen LogP contribution in [0.3, 0.4) is 0 Å². The van der Waals surface area contributed by atoms with Gasteiger partial charge in [-0.05, 0) is 61.7 Å². The van der Waals surface area contributed by atoms with Crippen molar-refractivity contribution in [2.24, 2.45) is 0 Å². The summed E-state index contributed by atoms with van der Waals surface area (Å²) in [5.74, 6) is 0.849. The van der Waals surface area contributed by atoms with E-state index in [1.165, 1.54) is 33.3 Å². The molecule has 4 aromatic rings. The lowest BCUT2D eigenvalue weighted by Crippen LogP contribution is -2.34. The minimum absolute atomic E-state index is 0.353. The van der Waals surface area contributed by atoms with Gasteiger partial charge in [-0.1, -0.05) is 54.1 Å². The van der Waals surface area contributed by atoms with Crippen molar-refractivity contribution in [3.8, 4) is 5.75 Å². The summed E-state index contributed by atoms with van der Waals surface area (Å²) in [4.78, 5) is 0.353. The van der Waals surface area contributed by atoms with Crippen molar-refractivity contribution in [3.63, 3.8) is 0 Å². The third-order valence-electron chi connectivity index (χ3n) is 6.86. The van der Waals surface area contributed by atoms with Gasteiger partial charge in [-0.25, -0.2) is 8.42 Å². The van der Waals surface area contributed by atoms with Crippen LogP contribution in [0.1, 0.15) is 28.8 Å². The summed E-state index contributed by atoms with van der Waals surface area (Å²) in [6, 6.07) is 23.7. The van der Waals surface area contributed by atoms with E-state index in [9.17, 15) is 8.42 Å². The van der Waals surface area contributed by atoms with Gasteiger partial charge in [0.15, 0.2) is 0 Å². The van der Waals surface area contributed by atoms with E-state index < -0.39 is 10.0 Å². The number of hydrogen-bond acceptors (Lipinski definition) is 3. The number of para-hydroxylation sites is 1. The topological polar surface area (TPSA) is 51.5 Å². The third kappa shape index (κ3) is 4.40. The Morgan fingerprint density at radius 2 is 1.71 bits per heavy atom. The van der Waals surface area contributed by atoms with Crippen LogP contribution in [-0.2, 0) is 16.6 Å². The van der Waals surface area contributed by atoms with E-state index in [2.05, 4.69) is 54.0 Å². The van der Waals surface area contributed by atoms with Crippen LogP contribution in [0.2, 0.25) is 0 Å². The Morgan fingerprint density at radius 3 is 2.43 bits per heavy atom. The molecule has 1 aliphatic heterocycles. The first-order valence-electron chi connectivity index (χ1n) is 11.9. The van der Waals surface area contributed by atoms with Gasteiger partial charge < -0.3 is 9.30 Å². The molecule has 0 radical (unpaired) electrons. The molecule has 0 aliphatic carbocycles. The molecule has 0 spiro atoms. The second-order valence-electron chi connectivity index (χ2n) is 9.07. The molecule has 1 aromatic heterocycles. The number of nitrogens with zero attached hydrogens (tertiary/aromatic N) is 2. The number of aryl methyl sites for hydroxylation is 1. The van der Waals surface area contributed by atoms with E-state index in [1.54, 1.807) is 23.5 Å². The summed E-state index contributed by atoms with van der Waals surface area (Å²) in [6.45, 7) is 5.70. The van der Waals surface area contributed by atoms with Crippen molar-refractivity contribution >= 4 is 26.5 Å². The van der Waals surface area contributed by atoms with E-state index >= 15 is 0 Å². The maximum atomic E-state index is 13.2. The lowest BCUT2D eigenvalue weighted by atomic mass is 9.97. The number of benzene rings is 3. The van der Waals surface area contributed by atoms with Gasteiger partial charge in [0.2, 0.25) is 10.0 Å². The molecular weight excluding hydrogens is 456 g/mol. The predicted octanol–water partition coefficient (Wildman–Crippen LogP) is 5.79. The minimum atomic E-state index is -3.51. The van der Waals surface area contributed by atoms with Crippen LogP contribution in [0.25, 0.3) is 16.5 Å². The fourth-order valence-electron chi connectivity index (χ4n) is 4.95. The molecule has 0 N–H and O–H groups in total. The third-order valence-corrected chi connectivity index (χ3v) is 8.74. The molecule has 0 amide bonds. The number of rotatable bonds is 6. The maximum Gasteiger partial charge on any atom is 0.243 e. The Hall–Kier alpha value is -3.35. The molecule has 0 atom stereocenters. The van der Waals surface area contributed by atoms with E-state index in [0.717, 1.165) is 17.9 Å². The standard InChI is InChI=1S/C29H30N2O3S/c1-21-11-13-26(14-12-21)35(32,33)30-17-15-24(16-18-30)29-22(2)31(28-10-5-4-9-27(28)29)20-23-7-6-8-25(19-23)34-3/h4-15,19H,16-18,20H2,1-3H3. The van der Waals surface area contributed by atoms with Gasteiger partial charge >= 0.3 is 0 Å². The largest absolute Gasteiger partial charge is 0.497 e. The van der Waals surface area contributed by atoms with Crippen molar-refractivity contribution in [1.82, 2.24) is 8.87 Å². The molecule has 5 nitrogen and oxygen atoms in total. The monoisotopic (exact) mass is 486 g/mol. The summed E-state index contributed by atoms with van der Waals surface area (Å²) in [7, 11) is -1.82. The van der Waals surface area contributed by atoms with Crippen LogP contribution < -0.4 is 4.74 Å². The van der Waals surface area contributed by atoms with Crippen LogP contribution in [0.4, 0.5) is 0 Å². The summed E-state index contributed by atoms with van der Waals surface area (Å²) in [5, 5.41) is 1.20. The number of methoxy groups -OCH3 is 1. The highest BCUT2D eigenvalue weighted by Crippen LogP contribution is 2.36. The molecule has 0 fully saturated rings. The van der Waals surface area contributed by atoms with Gasteiger partial charge in [0, 0.05) is 41.8 Å². The van der Waals surface area contributed by atoms with E-state index in [0.29, 0.717) is 24.4 Å². The average Bonchev–Trinajstić information content (AvgIpc) is 3.15. The Balaban J connectivity index is 1.48. The SMILES string of the molecule is COc1cccc(Cn2c(C)c(C3=CCN(S(=O)(=O)c4ccc(C)cc4)CC3)c3ccccc32)c1. The lowest BCUT2D eigenvalue weighted by Gasteiger charge is -2.26. The van der Waals surface area contributed by atoms with Crippen molar-refractivity contribution < 1.29 is 13.2 Å². The molecule has 0 saturated carbocycles. The summed E-state index contributed by atoms with van der Waals surface area (Å²) >= 11 is 0. The smallest absolute Gasteiger partial charge is 0.243 e. The quantitative estimate of drug-likeness (QED) is 0.346. The highest BCUT2D eigenvalue weighted by Gasteiger charge is 2.28. The van der Waals surface area contributed by atoms with Gasteiger partial charge in [-0.2, -0.15) is 4.31 Å². The number of hydrogen-bond donors (Lipinski definition) is 0. The normalized spacial score (nSPS) is 14.8. The number of sulfonamides is 1. The van der Waals surface area contributed by atoms with Crippen molar-refractivity contribution in [2.45, 2.75) is 31.7 Å². The van der Waals surface area contributed by atoms with Crippen molar-refractivity contribution in [3.05, 3.63) is 101 Å². The molecule has 3 aromatic carbocycles. The van der Waals surface area contributed by atoms with Gasteiger partial charge in [-0.3, -0.25) is 0 Å². The van der Waals surface area contributed by atoms with Crippen LogP contribution in [0.5, 0.6) is 5.75 Å². The molecule has 2 heterocycles. The molecule has 0 bridgehead atoms. The Kier molecular flexibility index (Phi) is 6.26. The first-order chi connectivity index (χ1) is 16.9. The van der Waals surface area contributed by atoms with Gasteiger partial charge in [-0.15, -0.1) is 0 Å². The first-order valence-corrected chi connectivity index (χ1v) is 13.3. The zero-order valence-corrected chi connectivity index (χ0v) is 21.2. The number of aromatic nitrogens is 1. The Bertz CT molecular complexity index is 1520. The molecule has 5 rings (SSSR count). The highest BCUT2D eigenvalue weighted by molar-refractivity contribution is 7.89. The lowest BCUT2D eigenvalue weighted by molar-refractivity contribution is 0.414. The second-order valence-corrected chi connectivity index (χ2v) is 11.0. The van der Waals surface area contributed by atoms with Crippen molar-refractivity contribution in [2.75, 3.05) is 20.2 Å². The molecule has 0 unspecified atom stereocenters. The summed E-state index contributed by atoms with van der Waals surface area (Å²) < 4.78 is 35.7. The fourth-order valence-corrected chi connectivity index (χ4v) is 6.33. The summed E-state index contributed by atoms with van der Waals surface area (Å²) in [5.41, 5.74) is 7.01. The van der Waals surface area contributed by atoms with Crippen LogP contribution in [-0.4, -0.2) is 37.5 Å². The van der Waals surface area contributed by atoms with E-state index in [-0.39, 0.29) is 0 Å². The first kappa shape index (κ1) is 23.4. The average molecular weight is 487 g/mol. The molecule has 6 heteroatoms. The molecule has 0 saturated heterocycles. The van der Waals surface area contributed by atoms with E-state index in [1.807, 2.05) is 31.2 Å². The predicted molar refractivity (Wildman–Crippen MR) is 141 cm³/mol. The number of ether oxygens (including phenoxy) is 1. The van der Waals surface area contributed by atoms with Crippen LogP contribution in [0.15, 0.2) is 83.8 Å². The van der Waals surface area contributed by atoms with Gasteiger partial charge in [0.25, 0.3) is 0 Å². The minimum Gasteiger partial charge on any atom is -0.497 e. The Morgan fingerprint density at radius 1 is 0.943 bits per heavy atom. The van der Waals surface area contributed by atoms with Crippen molar-refractivity contribution in [1.29, 1.82) is 0 Å². The maximum absolute atomic E-state index is 13.2. The van der Waals surface area contributed by atoms with Crippen LogP contribution in [0, 0.1) is 13.8 Å². The molecule has 180 valence electrons.